The second kappa shape index (κ2) is 8.51. The molecule has 8 nitrogen and oxygen atoms in total. The first-order valence-electron chi connectivity index (χ1n) is 9.00. The van der Waals surface area contributed by atoms with Gasteiger partial charge in [-0.05, 0) is 19.3 Å². The molecule has 2 aliphatic heterocycles. The van der Waals surface area contributed by atoms with Gasteiger partial charge in [0.05, 0.1) is 12.6 Å². The molecule has 0 aliphatic carbocycles. The standard InChI is InChI=1S/C17H30N4O4/c1-5-18-15(22)11-20-10-13-9-19(6-7-25-4)16(23)14(8-12(2)3)21(13)17(20)24/h12-14H,5-11H2,1-4H3,(H,18,22)/t13-,14-/m0/s1. The maximum atomic E-state index is 12.9. The van der Waals surface area contributed by atoms with Crippen LogP contribution in [0.5, 0.6) is 0 Å². The Bertz CT molecular complexity index is 511. The zero-order chi connectivity index (χ0) is 18.6. The van der Waals surface area contributed by atoms with Gasteiger partial charge >= 0.3 is 6.03 Å². The van der Waals surface area contributed by atoms with Crippen LogP contribution in [-0.4, -0.2) is 91.1 Å². The van der Waals surface area contributed by atoms with Crippen molar-refractivity contribution in [2.24, 2.45) is 5.92 Å². The zero-order valence-corrected chi connectivity index (χ0v) is 15.7. The topological polar surface area (TPSA) is 82.2 Å². The summed E-state index contributed by atoms with van der Waals surface area (Å²) >= 11 is 0. The Kier molecular flexibility index (Phi) is 6.64. The number of amides is 4. The Morgan fingerprint density at radius 1 is 1.28 bits per heavy atom. The molecule has 0 saturated carbocycles. The van der Waals surface area contributed by atoms with Crippen molar-refractivity contribution in [3.8, 4) is 0 Å². The molecule has 4 amide bonds. The average molecular weight is 354 g/mol. The lowest BCUT2D eigenvalue weighted by molar-refractivity contribution is -0.143. The van der Waals surface area contributed by atoms with Crippen molar-refractivity contribution in [2.75, 3.05) is 46.4 Å². The van der Waals surface area contributed by atoms with E-state index in [0.29, 0.717) is 45.1 Å². The minimum Gasteiger partial charge on any atom is -0.383 e. The van der Waals surface area contributed by atoms with E-state index in [1.54, 1.807) is 21.8 Å². The van der Waals surface area contributed by atoms with Crippen molar-refractivity contribution in [1.82, 2.24) is 20.0 Å². The summed E-state index contributed by atoms with van der Waals surface area (Å²) in [5.74, 6) is 0.107. The minimum absolute atomic E-state index is 0.0183. The van der Waals surface area contributed by atoms with E-state index in [-0.39, 0.29) is 30.4 Å². The molecule has 2 aliphatic rings. The molecule has 0 unspecified atom stereocenters. The lowest BCUT2D eigenvalue weighted by Gasteiger charge is -2.42. The van der Waals surface area contributed by atoms with Crippen LogP contribution in [0.25, 0.3) is 0 Å². The number of piperazine rings is 1. The number of fused-ring (bicyclic) bond motifs is 1. The summed E-state index contributed by atoms with van der Waals surface area (Å²) in [7, 11) is 1.61. The molecule has 142 valence electrons. The fraction of sp³-hybridized carbons (Fsp3) is 0.824. The first-order chi connectivity index (χ1) is 11.9. The molecule has 0 aromatic heterocycles. The third-order valence-electron chi connectivity index (χ3n) is 4.65. The normalized spacial score (nSPS) is 23.5. The van der Waals surface area contributed by atoms with Crippen LogP contribution in [0.3, 0.4) is 0 Å². The van der Waals surface area contributed by atoms with Crippen molar-refractivity contribution in [3.05, 3.63) is 0 Å². The largest absolute Gasteiger partial charge is 0.383 e. The summed E-state index contributed by atoms with van der Waals surface area (Å²) in [6.45, 7) is 8.48. The van der Waals surface area contributed by atoms with Gasteiger partial charge in [-0.15, -0.1) is 0 Å². The quantitative estimate of drug-likeness (QED) is 0.672. The number of likely N-dealkylation sites (N-methyl/N-ethyl adjacent to an activating group) is 1. The van der Waals surface area contributed by atoms with Gasteiger partial charge in [0.2, 0.25) is 11.8 Å². The fourth-order valence-corrected chi connectivity index (χ4v) is 3.57. The third-order valence-corrected chi connectivity index (χ3v) is 4.65. The molecule has 0 radical (unpaired) electrons. The highest BCUT2D eigenvalue weighted by Gasteiger charge is 2.49. The SMILES string of the molecule is CCNC(=O)CN1C[C@@H]2CN(CCOC)C(=O)[C@H](CC(C)C)N2C1=O. The van der Waals surface area contributed by atoms with Crippen LogP contribution >= 0.6 is 0 Å². The molecule has 0 aromatic carbocycles. The predicted molar refractivity (Wildman–Crippen MR) is 93.0 cm³/mol. The van der Waals surface area contributed by atoms with Gasteiger partial charge in [-0.2, -0.15) is 0 Å². The van der Waals surface area contributed by atoms with Crippen LogP contribution in [0.2, 0.25) is 0 Å². The average Bonchev–Trinajstić information content (AvgIpc) is 2.84. The maximum absolute atomic E-state index is 12.9. The van der Waals surface area contributed by atoms with Gasteiger partial charge in [-0.25, -0.2) is 4.79 Å². The molecule has 0 bridgehead atoms. The Morgan fingerprint density at radius 2 is 1.96 bits per heavy atom. The maximum Gasteiger partial charge on any atom is 0.321 e. The Balaban J connectivity index is 2.15. The van der Waals surface area contributed by atoms with Gasteiger partial charge in [0.15, 0.2) is 0 Å². The van der Waals surface area contributed by atoms with E-state index >= 15 is 0 Å². The predicted octanol–water partition coefficient (Wildman–Crippen LogP) is 0.132. The molecule has 2 rings (SSSR count). The molecule has 25 heavy (non-hydrogen) atoms. The fourth-order valence-electron chi connectivity index (χ4n) is 3.57. The van der Waals surface area contributed by atoms with Crippen LogP contribution in [0, 0.1) is 5.92 Å². The van der Waals surface area contributed by atoms with E-state index < -0.39 is 6.04 Å². The van der Waals surface area contributed by atoms with E-state index in [0.717, 1.165) is 0 Å². The molecule has 2 atom stereocenters. The van der Waals surface area contributed by atoms with Gasteiger partial charge in [0.1, 0.15) is 12.6 Å². The number of rotatable bonds is 8. The smallest absolute Gasteiger partial charge is 0.321 e. The van der Waals surface area contributed by atoms with Gasteiger partial charge in [0, 0.05) is 33.3 Å². The summed E-state index contributed by atoms with van der Waals surface area (Å²) in [6, 6.07) is -0.732. The minimum atomic E-state index is -0.456. The molecule has 2 saturated heterocycles. The lowest BCUT2D eigenvalue weighted by Crippen LogP contribution is -2.61. The van der Waals surface area contributed by atoms with Gasteiger partial charge in [-0.1, -0.05) is 13.8 Å². The second-order valence-corrected chi connectivity index (χ2v) is 7.10. The van der Waals surface area contributed by atoms with Gasteiger partial charge < -0.3 is 24.8 Å². The Labute approximate surface area is 149 Å². The van der Waals surface area contributed by atoms with Crippen molar-refractivity contribution in [3.63, 3.8) is 0 Å². The van der Waals surface area contributed by atoms with Crippen LogP contribution in [0.4, 0.5) is 4.79 Å². The number of urea groups is 1. The summed E-state index contributed by atoms with van der Waals surface area (Å²) in [5.41, 5.74) is 0. The number of nitrogens with one attached hydrogen (secondary N) is 1. The van der Waals surface area contributed by atoms with E-state index in [2.05, 4.69) is 5.32 Å². The monoisotopic (exact) mass is 354 g/mol. The van der Waals surface area contributed by atoms with Crippen LogP contribution < -0.4 is 5.32 Å². The number of hydrogen-bond acceptors (Lipinski definition) is 4. The van der Waals surface area contributed by atoms with Crippen LogP contribution in [0.15, 0.2) is 0 Å². The molecule has 8 heteroatoms. The number of hydrogen-bond donors (Lipinski definition) is 1. The Hall–Kier alpha value is -1.83. The van der Waals surface area contributed by atoms with Gasteiger partial charge in [0.25, 0.3) is 0 Å². The summed E-state index contributed by atoms with van der Waals surface area (Å²) in [4.78, 5) is 42.6. The zero-order valence-electron chi connectivity index (χ0n) is 15.7. The number of ether oxygens (including phenoxy) is 1. The second-order valence-electron chi connectivity index (χ2n) is 7.10. The van der Waals surface area contributed by atoms with E-state index in [1.165, 1.54) is 0 Å². The molecule has 0 spiro atoms. The number of carbonyl (C=O) groups excluding carboxylic acids is 3. The molecular formula is C17H30N4O4. The molecular weight excluding hydrogens is 324 g/mol. The van der Waals surface area contributed by atoms with Crippen molar-refractivity contribution in [1.29, 1.82) is 0 Å². The van der Waals surface area contributed by atoms with E-state index in [4.69, 9.17) is 4.74 Å². The van der Waals surface area contributed by atoms with Crippen molar-refractivity contribution >= 4 is 17.8 Å². The van der Waals surface area contributed by atoms with Crippen molar-refractivity contribution < 1.29 is 19.1 Å². The number of methoxy groups -OCH3 is 1. The first-order valence-corrected chi connectivity index (χ1v) is 9.00. The van der Waals surface area contributed by atoms with Crippen LogP contribution in [0.1, 0.15) is 27.2 Å². The summed E-state index contributed by atoms with van der Waals surface area (Å²) in [5, 5.41) is 2.72. The third kappa shape index (κ3) is 4.42. The van der Waals surface area contributed by atoms with Crippen LogP contribution in [-0.2, 0) is 14.3 Å². The highest BCUT2D eigenvalue weighted by atomic mass is 16.5. The van der Waals surface area contributed by atoms with Gasteiger partial charge in [-0.3, -0.25) is 9.59 Å². The summed E-state index contributed by atoms with van der Waals surface area (Å²) in [6.07, 6.45) is 0.625. The highest BCUT2D eigenvalue weighted by Crippen LogP contribution is 2.28. The Morgan fingerprint density at radius 3 is 2.56 bits per heavy atom. The molecule has 0 aromatic rings. The number of nitrogens with zero attached hydrogens (tertiary/aromatic N) is 3. The molecule has 2 heterocycles. The highest BCUT2D eigenvalue weighted by molar-refractivity contribution is 5.91. The molecule has 2 fully saturated rings. The number of carbonyl (C=O) groups is 3. The lowest BCUT2D eigenvalue weighted by atomic mass is 9.97. The molecule has 1 N–H and O–H groups in total. The first kappa shape index (κ1) is 19.5. The van der Waals surface area contributed by atoms with Crippen molar-refractivity contribution in [2.45, 2.75) is 39.3 Å². The van der Waals surface area contributed by atoms with E-state index in [1.807, 2.05) is 20.8 Å². The van der Waals surface area contributed by atoms with E-state index in [9.17, 15) is 14.4 Å². The summed E-state index contributed by atoms with van der Waals surface area (Å²) < 4.78 is 5.10.